The van der Waals surface area contributed by atoms with Crippen LogP contribution in [0.1, 0.15) is 48.8 Å². The Hall–Kier alpha value is -2.13. The normalized spacial score (nSPS) is 20.0. The lowest BCUT2D eigenvalue weighted by Crippen LogP contribution is -2.45. The fraction of sp³-hybridized carbons (Fsp3) is 0.458. The van der Waals surface area contributed by atoms with Crippen molar-refractivity contribution >= 4 is 5.97 Å². The van der Waals surface area contributed by atoms with E-state index in [1.165, 1.54) is 16.7 Å². The maximum Gasteiger partial charge on any atom is 0.309 e. The summed E-state index contributed by atoms with van der Waals surface area (Å²) in [7, 11) is 2.15. The fourth-order valence-electron chi connectivity index (χ4n) is 4.26. The number of rotatable bonds is 5. The van der Waals surface area contributed by atoms with Gasteiger partial charge in [0.1, 0.15) is 5.60 Å². The highest BCUT2D eigenvalue weighted by atomic mass is 16.6. The molecule has 0 unspecified atom stereocenters. The third-order valence-electron chi connectivity index (χ3n) is 6.27. The molecule has 27 heavy (non-hydrogen) atoms. The van der Waals surface area contributed by atoms with E-state index in [-0.39, 0.29) is 11.9 Å². The lowest BCUT2D eigenvalue weighted by Gasteiger charge is -2.42. The second-order valence-electron chi connectivity index (χ2n) is 8.17. The Bertz CT molecular complexity index is 774. The maximum atomic E-state index is 12.8. The summed E-state index contributed by atoms with van der Waals surface area (Å²) < 4.78 is 6.33. The molecule has 0 bridgehead atoms. The number of benzene rings is 2. The largest absolute Gasteiger partial charge is 0.454 e. The van der Waals surface area contributed by atoms with Gasteiger partial charge in [-0.2, -0.15) is 0 Å². The molecule has 142 valence electrons. The number of carbonyl (C=O) groups excluding carboxylic acids is 1. The Morgan fingerprint density at radius 2 is 1.70 bits per heavy atom. The van der Waals surface area contributed by atoms with Gasteiger partial charge >= 0.3 is 5.97 Å². The summed E-state index contributed by atoms with van der Waals surface area (Å²) in [6.45, 7) is 1.91. The minimum atomic E-state index is -0.482. The van der Waals surface area contributed by atoms with Crippen LogP contribution in [0.25, 0.3) is 0 Å². The Labute approximate surface area is 162 Å². The summed E-state index contributed by atoms with van der Waals surface area (Å²) in [5.41, 5.74) is 3.28. The highest BCUT2D eigenvalue weighted by Crippen LogP contribution is 2.41. The molecular formula is C24H29NO2. The van der Waals surface area contributed by atoms with Crippen LogP contribution in [0, 0.1) is 5.92 Å². The van der Waals surface area contributed by atoms with E-state index in [1.54, 1.807) is 0 Å². The molecule has 0 spiro atoms. The van der Waals surface area contributed by atoms with Crippen LogP contribution in [0.4, 0.5) is 0 Å². The molecular weight excluding hydrogens is 334 g/mol. The fourth-order valence-corrected chi connectivity index (χ4v) is 4.26. The highest BCUT2D eigenvalue weighted by Gasteiger charge is 2.42. The molecule has 2 aliphatic rings. The van der Waals surface area contributed by atoms with Crippen molar-refractivity contribution < 1.29 is 9.53 Å². The molecule has 1 aliphatic heterocycles. The molecule has 0 amide bonds. The number of hydrogen-bond acceptors (Lipinski definition) is 3. The van der Waals surface area contributed by atoms with Crippen molar-refractivity contribution in [3.8, 4) is 0 Å². The van der Waals surface area contributed by atoms with Crippen molar-refractivity contribution in [2.45, 2.75) is 44.1 Å². The van der Waals surface area contributed by atoms with Crippen LogP contribution in [0.5, 0.6) is 0 Å². The molecule has 0 aromatic heterocycles. The molecule has 0 radical (unpaired) electrons. The second-order valence-corrected chi connectivity index (χ2v) is 8.17. The predicted octanol–water partition coefficient (Wildman–Crippen LogP) is 4.54. The van der Waals surface area contributed by atoms with Crippen LogP contribution >= 0.6 is 0 Å². The summed E-state index contributed by atoms with van der Waals surface area (Å²) in [5, 5.41) is 0. The van der Waals surface area contributed by atoms with E-state index in [0.29, 0.717) is 0 Å². The van der Waals surface area contributed by atoms with Crippen LogP contribution in [-0.4, -0.2) is 31.0 Å². The number of ether oxygens (including phenoxy) is 1. The van der Waals surface area contributed by atoms with Gasteiger partial charge in [-0.3, -0.25) is 4.79 Å². The molecule has 2 aromatic rings. The number of esters is 1. The van der Waals surface area contributed by atoms with Crippen molar-refractivity contribution in [1.82, 2.24) is 4.90 Å². The van der Waals surface area contributed by atoms with Gasteiger partial charge in [0.05, 0.1) is 5.92 Å². The molecule has 4 rings (SSSR count). The minimum absolute atomic E-state index is 0.0142. The van der Waals surface area contributed by atoms with E-state index in [1.807, 2.05) is 6.07 Å². The van der Waals surface area contributed by atoms with E-state index < -0.39 is 5.60 Å². The zero-order valence-corrected chi connectivity index (χ0v) is 16.2. The van der Waals surface area contributed by atoms with Crippen molar-refractivity contribution in [2.75, 3.05) is 20.1 Å². The average Bonchev–Trinajstić information content (AvgIpc) is 2.64. The molecule has 0 atom stereocenters. The third kappa shape index (κ3) is 3.93. The average molecular weight is 364 g/mol. The van der Waals surface area contributed by atoms with E-state index in [0.717, 1.165) is 51.6 Å². The van der Waals surface area contributed by atoms with Gasteiger partial charge in [-0.05, 0) is 43.0 Å². The van der Waals surface area contributed by atoms with Gasteiger partial charge in [0.15, 0.2) is 0 Å². The zero-order valence-electron chi connectivity index (χ0n) is 16.2. The van der Waals surface area contributed by atoms with E-state index in [9.17, 15) is 4.79 Å². The van der Waals surface area contributed by atoms with Crippen molar-refractivity contribution in [1.29, 1.82) is 0 Å². The zero-order chi connectivity index (χ0) is 18.7. The number of likely N-dealkylation sites (tertiary alicyclic amines) is 1. The lowest BCUT2D eigenvalue weighted by atomic mass is 9.79. The van der Waals surface area contributed by atoms with Gasteiger partial charge < -0.3 is 9.64 Å². The molecule has 0 N–H and O–H groups in total. The van der Waals surface area contributed by atoms with Crippen LogP contribution in [0.3, 0.4) is 0 Å². The highest BCUT2D eigenvalue weighted by molar-refractivity contribution is 5.74. The Morgan fingerprint density at radius 3 is 2.37 bits per heavy atom. The molecule has 2 aromatic carbocycles. The number of hydrogen-bond donors (Lipinski definition) is 0. The van der Waals surface area contributed by atoms with Gasteiger partial charge in [-0.1, -0.05) is 61.0 Å². The van der Waals surface area contributed by atoms with E-state index in [4.69, 9.17) is 4.74 Å². The molecule has 3 nitrogen and oxygen atoms in total. The smallest absolute Gasteiger partial charge is 0.309 e. The van der Waals surface area contributed by atoms with Crippen LogP contribution in [0.2, 0.25) is 0 Å². The molecule has 1 heterocycles. The van der Waals surface area contributed by atoms with Crippen LogP contribution in [0.15, 0.2) is 54.6 Å². The summed E-state index contributed by atoms with van der Waals surface area (Å²) >= 11 is 0. The van der Waals surface area contributed by atoms with Gasteiger partial charge in [0.2, 0.25) is 0 Å². The second kappa shape index (κ2) is 7.85. The Morgan fingerprint density at radius 1 is 1.04 bits per heavy atom. The minimum Gasteiger partial charge on any atom is -0.454 e. The molecule has 2 fully saturated rings. The molecule has 1 saturated carbocycles. The van der Waals surface area contributed by atoms with Crippen LogP contribution in [-0.2, 0) is 21.6 Å². The SMILES string of the molecule is CN1CCC(OC(=O)C2CCC2)(c2ccccc2Cc2ccccc2)CC1. The van der Waals surface area contributed by atoms with Gasteiger partial charge in [0, 0.05) is 25.9 Å². The van der Waals surface area contributed by atoms with Crippen molar-refractivity contribution in [3.63, 3.8) is 0 Å². The lowest BCUT2D eigenvalue weighted by molar-refractivity contribution is -0.174. The predicted molar refractivity (Wildman–Crippen MR) is 108 cm³/mol. The summed E-state index contributed by atoms with van der Waals surface area (Å²) in [5.74, 6) is 0.128. The number of nitrogens with zero attached hydrogens (tertiary/aromatic N) is 1. The first kappa shape index (κ1) is 18.2. The summed E-state index contributed by atoms with van der Waals surface area (Å²) in [6.07, 6.45) is 5.73. The quantitative estimate of drug-likeness (QED) is 0.731. The Kier molecular flexibility index (Phi) is 5.31. The monoisotopic (exact) mass is 363 g/mol. The molecule has 1 saturated heterocycles. The standard InChI is InChI=1S/C24H29NO2/c1-25-16-14-24(15-17-25,27-23(26)20-11-7-12-20)22-13-6-5-10-21(22)18-19-8-3-2-4-9-19/h2-6,8-10,13,20H,7,11-12,14-18H2,1H3. The summed E-state index contributed by atoms with van der Waals surface area (Å²) in [6, 6.07) is 19.1. The van der Waals surface area contributed by atoms with E-state index in [2.05, 4.69) is 60.5 Å². The number of piperidine rings is 1. The maximum absolute atomic E-state index is 12.8. The van der Waals surface area contributed by atoms with E-state index >= 15 is 0 Å². The first-order chi connectivity index (χ1) is 13.2. The third-order valence-corrected chi connectivity index (χ3v) is 6.27. The first-order valence-electron chi connectivity index (χ1n) is 10.2. The van der Waals surface area contributed by atoms with Gasteiger partial charge in [-0.25, -0.2) is 0 Å². The van der Waals surface area contributed by atoms with Gasteiger partial charge in [0.25, 0.3) is 0 Å². The molecule has 3 heteroatoms. The first-order valence-corrected chi connectivity index (χ1v) is 10.2. The van der Waals surface area contributed by atoms with Crippen molar-refractivity contribution in [2.24, 2.45) is 5.92 Å². The van der Waals surface area contributed by atoms with Crippen LogP contribution < -0.4 is 0 Å². The molecule has 1 aliphatic carbocycles. The number of carbonyl (C=O) groups is 1. The topological polar surface area (TPSA) is 29.5 Å². The Balaban J connectivity index is 1.66. The van der Waals surface area contributed by atoms with Gasteiger partial charge in [-0.15, -0.1) is 0 Å². The summed E-state index contributed by atoms with van der Waals surface area (Å²) in [4.78, 5) is 15.1. The van der Waals surface area contributed by atoms with Crippen molar-refractivity contribution in [3.05, 3.63) is 71.3 Å².